The first-order chi connectivity index (χ1) is 4.77. The Hall–Kier alpha value is 0.170. The number of quaternary nitrogens is 1. The van der Waals surface area contributed by atoms with E-state index >= 15 is 0 Å². The number of aliphatic hydroxyl groups excluding tert-OH is 1. The molecule has 1 heterocycles. The molecule has 0 saturated carbocycles. The van der Waals surface area contributed by atoms with Crippen LogP contribution in [0.2, 0.25) is 0 Å². The van der Waals surface area contributed by atoms with Crippen LogP contribution in [0, 0.1) is 0 Å². The predicted molar refractivity (Wildman–Crippen MR) is 38.7 cm³/mol. The number of halogens is 1. The Balaban J connectivity index is 0.000001000. The van der Waals surface area contributed by atoms with Gasteiger partial charge in [0, 0.05) is 0 Å². The van der Waals surface area contributed by atoms with Crippen molar-refractivity contribution in [2.24, 2.45) is 0 Å². The number of rotatable bonds is 2. The lowest BCUT2D eigenvalue weighted by Gasteiger charge is -2.36. The van der Waals surface area contributed by atoms with Crippen molar-refractivity contribution < 1.29 is 26.7 Å². The van der Waals surface area contributed by atoms with Crippen molar-refractivity contribution in [1.82, 2.24) is 0 Å². The topological polar surface area (TPSA) is 29.5 Å². The van der Waals surface area contributed by atoms with E-state index in [4.69, 9.17) is 9.84 Å². The van der Waals surface area contributed by atoms with Crippen LogP contribution in [0.3, 0.4) is 0 Å². The largest absolute Gasteiger partial charge is 1.00 e. The van der Waals surface area contributed by atoms with E-state index in [0.717, 1.165) is 37.3 Å². The predicted octanol–water partition coefficient (Wildman–Crippen LogP) is -3.54. The number of ether oxygens (including phenoxy) is 1. The molecular weight excluding hydrogens is 166 g/mol. The zero-order chi connectivity index (χ0) is 7.45. The summed E-state index contributed by atoms with van der Waals surface area (Å²) in [7, 11) is 2.17. The summed E-state index contributed by atoms with van der Waals surface area (Å²) in [6.07, 6.45) is 0. The standard InChI is InChI=1S/C7H16NO2.ClH/c1-8(2-5-9)3-6-10-7-4-8;/h9H,2-7H2,1H3;1H/q+1;/p-1. The van der Waals surface area contributed by atoms with Gasteiger partial charge in [-0.2, -0.15) is 0 Å². The van der Waals surface area contributed by atoms with Crippen molar-refractivity contribution in [3.05, 3.63) is 0 Å². The first kappa shape index (κ1) is 11.2. The van der Waals surface area contributed by atoms with Gasteiger partial charge in [-0.3, -0.25) is 0 Å². The molecule has 1 rings (SSSR count). The molecule has 0 spiro atoms. The van der Waals surface area contributed by atoms with Crippen LogP contribution in [-0.2, 0) is 4.74 Å². The Kier molecular flexibility index (Phi) is 5.01. The van der Waals surface area contributed by atoms with Gasteiger partial charge in [0.2, 0.25) is 0 Å². The summed E-state index contributed by atoms with van der Waals surface area (Å²) in [5, 5.41) is 8.73. The molecule has 0 aromatic rings. The number of morpholine rings is 1. The van der Waals surface area contributed by atoms with E-state index < -0.39 is 0 Å². The van der Waals surface area contributed by atoms with Crippen LogP contribution < -0.4 is 12.4 Å². The van der Waals surface area contributed by atoms with E-state index in [-0.39, 0.29) is 19.0 Å². The van der Waals surface area contributed by atoms with E-state index in [2.05, 4.69) is 7.05 Å². The van der Waals surface area contributed by atoms with Crippen molar-refractivity contribution in [3.8, 4) is 0 Å². The van der Waals surface area contributed by atoms with Crippen LogP contribution >= 0.6 is 0 Å². The van der Waals surface area contributed by atoms with Crippen LogP contribution in [0.4, 0.5) is 0 Å². The van der Waals surface area contributed by atoms with E-state index in [0.29, 0.717) is 0 Å². The molecule has 0 aromatic heterocycles. The van der Waals surface area contributed by atoms with Crippen LogP contribution in [0.5, 0.6) is 0 Å². The number of likely N-dealkylation sites (N-methyl/N-ethyl adjacent to an activating group) is 1. The number of nitrogens with zero attached hydrogens (tertiary/aromatic N) is 1. The first-order valence-electron chi connectivity index (χ1n) is 3.79. The van der Waals surface area contributed by atoms with Gasteiger partial charge in [0.25, 0.3) is 0 Å². The second-order valence-corrected chi connectivity index (χ2v) is 3.13. The highest BCUT2D eigenvalue weighted by atomic mass is 35.5. The Morgan fingerprint density at radius 3 is 2.36 bits per heavy atom. The summed E-state index contributed by atoms with van der Waals surface area (Å²) in [5.74, 6) is 0. The molecule has 0 amide bonds. The average molecular weight is 182 g/mol. The van der Waals surface area contributed by atoms with Gasteiger partial charge in [-0.1, -0.05) is 0 Å². The summed E-state index contributed by atoms with van der Waals surface area (Å²) >= 11 is 0. The monoisotopic (exact) mass is 181 g/mol. The highest BCUT2D eigenvalue weighted by molar-refractivity contribution is 4.45. The summed E-state index contributed by atoms with van der Waals surface area (Å²) < 4.78 is 6.18. The van der Waals surface area contributed by atoms with E-state index in [1.54, 1.807) is 0 Å². The molecule has 0 aliphatic carbocycles. The summed E-state index contributed by atoms with van der Waals surface area (Å²) in [6.45, 7) is 4.92. The van der Waals surface area contributed by atoms with Gasteiger partial charge in [0.1, 0.15) is 19.6 Å². The number of hydrogen-bond acceptors (Lipinski definition) is 2. The van der Waals surface area contributed by atoms with Crippen LogP contribution in [0.1, 0.15) is 0 Å². The van der Waals surface area contributed by atoms with E-state index in [1.807, 2.05) is 0 Å². The molecular formula is C7H16ClNO2. The molecule has 3 nitrogen and oxygen atoms in total. The van der Waals surface area contributed by atoms with Crippen molar-refractivity contribution >= 4 is 0 Å². The lowest BCUT2D eigenvalue weighted by atomic mass is 10.3. The maximum Gasteiger partial charge on any atom is 0.102 e. The minimum Gasteiger partial charge on any atom is -1.00 e. The fourth-order valence-corrected chi connectivity index (χ4v) is 1.25. The van der Waals surface area contributed by atoms with Crippen molar-refractivity contribution in [2.45, 2.75) is 0 Å². The Labute approximate surface area is 74.0 Å². The Morgan fingerprint density at radius 1 is 1.36 bits per heavy atom. The van der Waals surface area contributed by atoms with Gasteiger partial charge in [-0.05, 0) is 0 Å². The molecule has 0 aromatic carbocycles. The Morgan fingerprint density at radius 2 is 1.91 bits per heavy atom. The lowest BCUT2D eigenvalue weighted by Crippen LogP contribution is -3.00. The summed E-state index contributed by atoms with van der Waals surface area (Å²) in [5.41, 5.74) is 0. The zero-order valence-corrected chi connectivity index (χ0v) is 7.68. The minimum atomic E-state index is 0. The highest BCUT2D eigenvalue weighted by Crippen LogP contribution is 2.05. The molecule has 1 N–H and O–H groups in total. The van der Waals surface area contributed by atoms with Gasteiger partial charge in [-0.15, -0.1) is 0 Å². The van der Waals surface area contributed by atoms with Crippen molar-refractivity contribution in [3.63, 3.8) is 0 Å². The van der Waals surface area contributed by atoms with Gasteiger partial charge < -0.3 is 26.7 Å². The molecule has 1 saturated heterocycles. The lowest BCUT2D eigenvalue weighted by molar-refractivity contribution is -0.917. The molecule has 1 aliphatic heterocycles. The van der Waals surface area contributed by atoms with Gasteiger partial charge in [0.05, 0.1) is 26.9 Å². The molecule has 1 fully saturated rings. The van der Waals surface area contributed by atoms with Crippen LogP contribution in [-0.4, -0.2) is 56.1 Å². The molecule has 1 aliphatic rings. The summed E-state index contributed by atoms with van der Waals surface area (Å²) in [6, 6.07) is 0. The normalized spacial score (nSPS) is 22.4. The third kappa shape index (κ3) is 3.38. The highest BCUT2D eigenvalue weighted by Gasteiger charge is 2.23. The fourth-order valence-electron chi connectivity index (χ4n) is 1.25. The smallest absolute Gasteiger partial charge is 0.102 e. The molecule has 4 heteroatoms. The first-order valence-corrected chi connectivity index (χ1v) is 3.79. The maximum absolute atomic E-state index is 8.73. The second kappa shape index (κ2) is 4.93. The van der Waals surface area contributed by atoms with Crippen molar-refractivity contribution in [2.75, 3.05) is 46.5 Å². The van der Waals surface area contributed by atoms with Gasteiger partial charge in [-0.25, -0.2) is 0 Å². The maximum atomic E-state index is 8.73. The SMILES string of the molecule is C[N+]1(CCO)CCOCC1.[Cl-]. The Bertz CT molecular complexity index is 99.1. The third-order valence-corrected chi connectivity index (χ3v) is 2.19. The average Bonchev–Trinajstić information content (AvgIpc) is 1.89. The van der Waals surface area contributed by atoms with Crippen LogP contribution in [0.25, 0.3) is 0 Å². The van der Waals surface area contributed by atoms with Crippen LogP contribution in [0.15, 0.2) is 0 Å². The molecule has 0 radical (unpaired) electrons. The number of aliphatic hydroxyl groups is 1. The molecule has 0 unspecified atom stereocenters. The zero-order valence-electron chi connectivity index (χ0n) is 6.92. The minimum absolute atomic E-state index is 0. The third-order valence-electron chi connectivity index (χ3n) is 2.19. The molecule has 68 valence electrons. The molecule has 0 atom stereocenters. The number of hydrogen-bond donors (Lipinski definition) is 1. The van der Waals surface area contributed by atoms with E-state index in [1.165, 1.54) is 0 Å². The van der Waals surface area contributed by atoms with Gasteiger partial charge in [0.15, 0.2) is 0 Å². The molecule has 0 bridgehead atoms. The fraction of sp³-hybridized carbons (Fsp3) is 1.00. The van der Waals surface area contributed by atoms with Crippen molar-refractivity contribution in [1.29, 1.82) is 0 Å². The molecule has 11 heavy (non-hydrogen) atoms. The summed E-state index contributed by atoms with van der Waals surface area (Å²) in [4.78, 5) is 0. The van der Waals surface area contributed by atoms with Gasteiger partial charge >= 0.3 is 0 Å². The quantitative estimate of drug-likeness (QED) is 0.448. The van der Waals surface area contributed by atoms with E-state index in [9.17, 15) is 0 Å². The second-order valence-electron chi connectivity index (χ2n) is 3.13.